The van der Waals surface area contributed by atoms with Crippen molar-refractivity contribution >= 4 is 32.7 Å². The van der Waals surface area contributed by atoms with Gasteiger partial charge in [-0.3, -0.25) is 14.8 Å². The van der Waals surface area contributed by atoms with Crippen LogP contribution in [0.5, 0.6) is 0 Å². The average molecular weight is 327 g/mol. The number of nitro benzene ring substituents is 1. The van der Waals surface area contributed by atoms with Gasteiger partial charge in [0, 0.05) is 6.07 Å². The number of thiophene rings is 1. The number of sulfonamides is 1. The van der Waals surface area contributed by atoms with E-state index in [0.29, 0.717) is 6.07 Å². The number of non-ortho nitro benzene ring substituents is 1. The van der Waals surface area contributed by atoms with Gasteiger partial charge in [-0.2, -0.15) is 5.26 Å². The molecule has 0 amide bonds. The molecule has 0 saturated carbocycles. The normalized spacial score (nSPS) is 10.9. The van der Waals surface area contributed by atoms with Crippen molar-refractivity contribution < 1.29 is 17.7 Å². The van der Waals surface area contributed by atoms with Gasteiger partial charge in [-0.1, -0.05) is 0 Å². The molecule has 1 aromatic carbocycles. The van der Waals surface area contributed by atoms with Gasteiger partial charge < -0.3 is 0 Å². The first-order valence-corrected chi connectivity index (χ1v) is 7.59. The predicted molar refractivity (Wildman–Crippen MR) is 72.9 cm³/mol. The third kappa shape index (κ3) is 3.33. The molecule has 2 rings (SSSR count). The number of hydrogen-bond acceptors (Lipinski definition) is 6. The fourth-order valence-electron chi connectivity index (χ4n) is 1.47. The van der Waals surface area contributed by atoms with E-state index in [1.165, 1.54) is 12.1 Å². The quantitative estimate of drug-likeness (QED) is 0.684. The lowest BCUT2D eigenvalue weighted by Gasteiger charge is -2.06. The number of nitriles is 1. The number of nitro groups is 1. The summed E-state index contributed by atoms with van der Waals surface area (Å²) >= 11 is 0.735. The molecule has 7 nitrogen and oxygen atoms in total. The highest BCUT2D eigenvalue weighted by atomic mass is 32.2. The third-order valence-corrected chi connectivity index (χ3v) is 5.17. The van der Waals surface area contributed by atoms with Crippen molar-refractivity contribution in [3.05, 3.63) is 51.1 Å². The lowest BCUT2D eigenvalue weighted by molar-refractivity contribution is -0.385. The van der Waals surface area contributed by atoms with Crippen LogP contribution in [0, 0.1) is 27.3 Å². The summed E-state index contributed by atoms with van der Waals surface area (Å²) < 4.78 is 39.2. The van der Waals surface area contributed by atoms with E-state index in [-0.39, 0.29) is 14.8 Å². The minimum absolute atomic E-state index is 0.147. The first-order chi connectivity index (χ1) is 9.81. The van der Waals surface area contributed by atoms with Crippen molar-refractivity contribution in [2.24, 2.45) is 0 Å². The zero-order valence-corrected chi connectivity index (χ0v) is 11.7. The molecule has 0 atom stereocenters. The standard InChI is InChI=1S/C11H6FN3O4S2/c12-7-3-8(5-9(4-7)15(16)17)14-21(18,19)11-2-1-10(6-13)20-11/h1-5,14H. The van der Waals surface area contributed by atoms with Crippen LogP contribution in [-0.4, -0.2) is 13.3 Å². The SMILES string of the molecule is N#Cc1ccc(S(=O)(=O)Nc2cc(F)cc([N+](=O)[O-])c2)s1. The second-order valence-electron chi connectivity index (χ2n) is 3.79. The minimum Gasteiger partial charge on any atom is -0.279 e. The number of anilines is 1. The van der Waals surface area contributed by atoms with E-state index in [4.69, 9.17) is 5.26 Å². The fraction of sp³-hybridized carbons (Fsp3) is 0. The second-order valence-corrected chi connectivity index (χ2v) is 6.78. The number of nitrogens with zero attached hydrogens (tertiary/aromatic N) is 2. The summed E-state index contributed by atoms with van der Waals surface area (Å²) in [4.78, 5) is 9.97. The first kappa shape index (κ1) is 14.9. The fourth-order valence-corrected chi connectivity index (χ4v) is 3.61. The largest absolute Gasteiger partial charge is 0.279 e. The van der Waals surface area contributed by atoms with Crippen LogP contribution in [0.2, 0.25) is 0 Å². The van der Waals surface area contributed by atoms with Crippen LogP contribution in [0.25, 0.3) is 0 Å². The molecular formula is C11H6FN3O4S2. The van der Waals surface area contributed by atoms with Crippen LogP contribution in [-0.2, 0) is 10.0 Å². The summed E-state index contributed by atoms with van der Waals surface area (Å²) in [5.74, 6) is -0.939. The van der Waals surface area contributed by atoms with Crippen LogP contribution in [0.1, 0.15) is 4.88 Å². The molecule has 108 valence electrons. The van der Waals surface area contributed by atoms with Crippen LogP contribution in [0.15, 0.2) is 34.5 Å². The van der Waals surface area contributed by atoms with Gasteiger partial charge in [0.05, 0.1) is 16.7 Å². The molecule has 10 heteroatoms. The molecule has 1 aromatic heterocycles. The maximum atomic E-state index is 13.2. The number of nitrogens with one attached hydrogen (secondary N) is 1. The Labute approximate surface area is 122 Å². The molecule has 0 spiro atoms. The molecule has 0 fully saturated rings. The number of hydrogen-bond donors (Lipinski definition) is 1. The van der Waals surface area contributed by atoms with E-state index >= 15 is 0 Å². The smallest absolute Gasteiger partial charge is 0.274 e. The Morgan fingerprint density at radius 2 is 2.05 bits per heavy atom. The summed E-state index contributed by atoms with van der Waals surface area (Å²) in [7, 11) is -4.03. The van der Waals surface area contributed by atoms with E-state index in [1.807, 2.05) is 4.72 Å². The minimum atomic E-state index is -4.03. The van der Waals surface area contributed by atoms with E-state index in [9.17, 15) is 22.9 Å². The van der Waals surface area contributed by atoms with E-state index < -0.39 is 26.5 Å². The van der Waals surface area contributed by atoms with Crippen LogP contribution < -0.4 is 4.72 Å². The molecule has 0 aliphatic rings. The molecule has 0 aliphatic carbocycles. The van der Waals surface area contributed by atoms with Gasteiger partial charge in [-0.15, -0.1) is 11.3 Å². The highest BCUT2D eigenvalue weighted by Crippen LogP contribution is 2.26. The van der Waals surface area contributed by atoms with Crippen molar-refractivity contribution in [2.75, 3.05) is 4.72 Å². The number of rotatable bonds is 4. The molecule has 0 radical (unpaired) electrons. The Morgan fingerprint density at radius 3 is 2.62 bits per heavy atom. The summed E-state index contributed by atoms with van der Waals surface area (Å²) in [5.41, 5.74) is -0.842. The Morgan fingerprint density at radius 1 is 1.33 bits per heavy atom. The Balaban J connectivity index is 2.37. The van der Waals surface area contributed by atoms with Gasteiger partial charge in [0.2, 0.25) is 0 Å². The monoisotopic (exact) mass is 327 g/mol. The molecule has 1 heterocycles. The topological polar surface area (TPSA) is 113 Å². The second kappa shape index (κ2) is 5.47. The molecule has 21 heavy (non-hydrogen) atoms. The maximum absolute atomic E-state index is 13.2. The molecule has 0 saturated heterocycles. The zero-order valence-electron chi connectivity index (χ0n) is 10.1. The Bertz CT molecular complexity index is 855. The summed E-state index contributed by atoms with van der Waals surface area (Å²) in [6.07, 6.45) is 0. The maximum Gasteiger partial charge on any atom is 0.274 e. The third-order valence-electron chi connectivity index (χ3n) is 2.30. The molecule has 2 aromatic rings. The van der Waals surface area contributed by atoms with Crippen LogP contribution in [0.3, 0.4) is 0 Å². The van der Waals surface area contributed by atoms with E-state index in [0.717, 1.165) is 23.5 Å². The molecular weight excluding hydrogens is 321 g/mol. The van der Waals surface area contributed by atoms with Crippen molar-refractivity contribution in [1.29, 1.82) is 5.26 Å². The summed E-state index contributed by atoms with van der Waals surface area (Å²) in [6.45, 7) is 0. The van der Waals surface area contributed by atoms with Gasteiger partial charge in [0.25, 0.3) is 15.7 Å². The van der Waals surface area contributed by atoms with Crippen molar-refractivity contribution in [3.8, 4) is 6.07 Å². The van der Waals surface area contributed by atoms with E-state index in [1.54, 1.807) is 6.07 Å². The van der Waals surface area contributed by atoms with Gasteiger partial charge >= 0.3 is 0 Å². The molecule has 1 N–H and O–H groups in total. The molecule has 0 aliphatic heterocycles. The summed E-state index contributed by atoms with van der Waals surface area (Å²) in [6, 6.07) is 6.74. The molecule has 0 bridgehead atoms. The zero-order chi connectivity index (χ0) is 15.6. The van der Waals surface area contributed by atoms with Crippen LogP contribution >= 0.6 is 11.3 Å². The average Bonchev–Trinajstić information content (AvgIpc) is 2.86. The summed E-state index contributed by atoms with van der Waals surface area (Å²) in [5, 5.41) is 19.3. The van der Waals surface area contributed by atoms with Gasteiger partial charge in [-0.25, -0.2) is 12.8 Å². The van der Waals surface area contributed by atoms with Crippen LogP contribution in [0.4, 0.5) is 15.8 Å². The first-order valence-electron chi connectivity index (χ1n) is 5.29. The van der Waals surface area contributed by atoms with Crippen molar-refractivity contribution in [3.63, 3.8) is 0 Å². The van der Waals surface area contributed by atoms with Crippen molar-refractivity contribution in [1.82, 2.24) is 0 Å². The number of halogens is 1. The Hall–Kier alpha value is -2.51. The molecule has 0 unspecified atom stereocenters. The Kier molecular flexibility index (Phi) is 3.88. The highest BCUT2D eigenvalue weighted by Gasteiger charge is 2.19. The predicted octanol–water partition coefficient (Wildman–Crippen LogP) is 2.47. The highest BCUT2D eigenvalue weighted by molar-refractivity contribution is 7.94. The van der Waals surface area contributed by atoms with Gasteiger partial charge in [0.15, 0.2) is 0 Å². The lowest BCUT2D eigenvalue weighted by atomic mass is 10.3. The van der Waals surface area contributed by atoms with Gasteiger partial charge in [-0.05, 0) is 18.2 Å². The number of benzene rings is 1. The van der Waals surface area contributed by atoms with E-state index in [2.05, 4.69) is 0 Å². The van der Waals surface area contributed by atoms with Crippen molar-refractivity contribution in [2.45, 2.75) is 4.21 Å². The lowest BCUT2D eigenvalue weighted by Crippen LogP contribution is -2.11. The van der Waals surface area contributed by atoms with Gasteiger partial charge in [0.1, 0.15) is 21.0 Å².